The van der Waals surface area contributed by atoms with E-state index in [1.807, 2.05) is 42.5 Å². The number of aliphatic hydroxyl groups is 1. The fraction of sp³-hybridized carbons (Fsp3) is 0.364. The van der Waals surface area contributed by atoms with Crippen LogP contribution in [0.25, 0.3) is 11.1 Å². The zero-order valence-corrected chi connectivity index (χ0v) is 18.8. The van der Waals surface area contributed by atoms with E-state index < -0.39 is 8.07 Å². The summed E-state index contributed by atoms with van der Waals surface area (Å²) in [6.07, 6.45) is 0. The molecule has 2 nitrogen and oxygen atoms in total. The summed E-state index contributed by atoms with van der Waals surface area (Å²) in [6.45, 7) is 11.8. The number of aliphatic hydroxyl groups excluding tert-OH is 1. The molecule has 0 aliphatic heterocycles. The zero-order chi connectivity index (χ0) is 19.4. The Bertz CT molecular complexity index is 826. The van der Waals surface area contributed by atoms with Crippen LogP contribution in [0.2, 0.25) is 18.1 Å². The van der Waals surface area contributed by atoms with Gasteiger partial charge in [0.05, 0.1) is 6.61 Å². The van der Waals surface area contributed by atoms with Crippen molar-refractivity contribution in [2.45, 2.75) is 45.5 Å². The molecule has 26 heavy (non-hydrogen) atoms. The maximum atomic E-state index is 9.44. The van der Waals surface area contributed by atoms with Crippen LogP contribution >= 0.6 is 15.9 Å². The Morgan fingerprint density at radius 3 is 2.46 bits per heavy atom. The molecule has 0 fully saturated rings. The molecule has 2 aromatic carbocycles. The molecule has 2 aromatic rings. The van der Waals surface area contributed by atoms with Crippen LogP contribution in [-0.4, -0.2) is 19.8 Å². The fourth-order valence-corrected chi connectivity index (χ4v) is 3.75. The summed E-state index contributed by atoms with van der Waals surface area (Å²) in [4.78, 5) is 0. The summed E-state index contributed by atoms with van der Waals surface area (Å²) in [7, 11) is -1.60. The van der Waals surface area contributed by atoms with E-state index >= 15 is 0 Å². The van der Waals surface area contributed by atoms with E-state index in [-0.39, 0.29) is 11.6 Å². The molecule has 0 radical (unpaired) electrons. The molecule has 0 amide bonds. The van der Waals surface area contributed by atoms with Gasteiger partial charge in [0.25, 0.3) is 0 Å². The molecule has 0 heterocycles. The molecule has 0 aromatic heterocycles. The number of hydrogen-bond donors (Lipinski definition) is 1. The molecule has 0 saturated heterocycles. The topological polar surface area (TPSA) is 29.5 Å². The number of benzene rings is 2. The lowest BCUT2D eigenvalue weighted by molar-refractivity contribution is 0.281. The van der Waals surface area contributed by atoms with E-state index in [0.29, 0.717) is 6.61 Å². The van der Waals surface area contributed by atoms with Crippen molar-refractivity contribution in [1.29, 1.82) is 0 Å². The molecule has 0 aliphatic carbocycles. The molecule has 0 unspecified atom stereocenters. The van der Waals surface area contributed by atoms with E-state index in [2.05, 4.69) is 61.3 Å². The fourth-order valence-electron chi connectivity index (χ4n) is 2.24. The first-order valence-corrected chi connectivity index (χ1v) is 12.6. The largest absolute Gasteiger partial charge is 0.481 e. The molecule has 1 N–H and O–H groups in total. The number of rotatable bonds is 4. The second-order valence-corrected chi connectivity index (χ2v) is 13.7. The minimum Gasteiger partial charge on any atom is -0.481 e. The first-order chi connectivity index (χ1) is 12.2. The molecule has 0 atom stereocenters. The standard InChI is InChI=1S/C22H27BrO2Si/c1-22(2,3)26(4,5)14-8-13-25-19-11-6-9-17(15-19)20-12-7-10-18(16-24)21(20)23/h6-7,9-12,15,24H,13,16H2,1-5H3. The van der Waals surface area contributed by atoms with Crippen LogP contribution < -0.4 is 4.74 Å². The third kappa shape index (κ3) is 5.00. The quantitative estimate of drug-likeness (QED) is 0.473. The Morgan fingerprint density at radius 2 is 1.81 bits per heavy atom. The first-order valence-electron chi connectivity index (χ1n) is 8.77. The van der Waals surface area contributed by atoms with E-state index in [1.165, 1.54) is 0 Å². The maximum absolute atomic E-state index is 9.44. The van der Waals surface area contributed by atoms with Gasteiger partial charge in [-0.2, -0.15) is 0 Å². The van der Waals surface area contributed by atoms with Crippen molar-refractivity contribution in [2.75, 3.05) is 6.61 Å². The van der Waals surface area contributed by atoms with Crippen molar-refractivity contribution in [3.63, 3.8) is 0 Å². The second-order valence-electron chi connectivity index (χ2n) is 7.93. The van der Waals surface area contributed by atoms with Gasteiger partial charge in [0.15, 0.2) is 0 Å². The van der Waals surface area contributed by atoms with Gasteiger partial charge in [0.2, 0.25) is 0 Å². The predicted octanol–water partition coefficient (Wildman–Crippen LogP) is 6.04. The number of halogens is 1. The Hall–Kier alpha value is -1.54. The highest BCUT2D eigenvalue weighted by atomic mass is 79.9. The Kier molecular flexibility index (Phi) is 6.73. The van der Waals surface area contributed by atoms with Crippen LogP contribution in [0.3, 0.4) is 0 Å². The van der Waals surface area contributed by atoms with Gasteiger partial charge in [-0.15, -0.1) is 5.54 Å². The van der Waals surface area contributed by atoms with E-state index in [0.717, 1.165) is 26.9 Å². The molecule has 138 valence electrons. The van der Waals surface area contributed by atoms with Gasteiger partial charge < -0.3 is 9.84 Å². The van der Waals surface area contributed by atoms with Crippen LogP contribution in [0.4, 0.5) is 0 Å². The zero-order valence-electron chi connectivity index (χ0n) is 16.2. The van der Waals surface area contributed by atoms with E-state index in [4.69, 9.17) is 4.74 Å². The van der Waals surface area contributed by atoms with Gasteiger partial charge >= 0.3 is 0 Å². The van der Waals surface area contributed by atoms with E-state index in [1.54, 1.807) is 0 Å². The summed E-state index contributed by atoms with van der Waals surface area (Å²) in [6, 6.07) is 13.9. The molecule has 0 bridgehead atoms. The van der Waals surface area contributed by atoms with Gasteiger partial charge in [0.1, 0.15) is 20.4 Å². The van der Waals surface area contributed by atoms with Crippen molar-refractivity contribution < 1.29 is 9.84 Å². The van der Waals surface area contributed by atoms with Gasteiger partial charge in [-0.3, -0.25) is 0 Å². The maximum Gasteiger partial charge on any atom is 0.148 e. The Morgan fingerprint density at radius 1 is 1.12 bits per heavy atom. The summed E-state index contributed by atoms with van der Waals surface area (Å²) in [5, 5.41) is 9.70. The lowest BCUT2D eigenvalue weighted by Gasteiger charge is -2.31. The number of hydrogen-bond acceptors (Lipinski definition) is 2. The lowest BCUT2D eigenvalue weighted by atomic mass is 10.0. The molecular formula is C22H27BrO2Si. The molecule has 4 heteroatoms. The van der Waals surface area contributed by atoms with Crippen LogP contribution in [-0.2, 0) is 6.61 Å². The molecule has 0 spiro atoms. The van der Waals surface area contributed by atoms with Crippen LogP contribution in [0.1, 0.15) is 26.3 Å². The minimum atomic E-state index is -1.60. The molecule has 0 saturated carbocycles. The molecule has 0 aliphatic rings. The monoisotopic (exact) mass is 430 g/mol. The number of ether oxygens (including phenoxy) is 1. The predicted molar refractivity (Wildman–Crippen MR) is 116 cm³/mol. The van der Waals surface area contributed by atoms with Crippen molar-refractivity contribution in [3.8, 4) is 28.3 Å². The van der Waals surface area contributed by atoms with Crippen molar-refractivity contribution >= 4 is 24.0 Å². The summed E-state index contributed by atoms with van der Waals surface area (Å²) in [5.41, 5.74) is 6.42. The third-order valence-corrected chi connectivity index (χ3v) is 10.5. The summed E-state index contributed by atoms with van der Waals surface area (Å²) < 4.78 is 6.77. The van der Waals surface area contributed by atoms with Crippen molar-refractivity contribution in [2.24, 2.45) is 0 Å². The molecule has 2 rings (SSSR count). The van der Waals surface area contributed by atoms with Crippen molar-refractivity contribution in [3.05, 3.63) is 52.5 Å². The van der Waals surface area contributed by atoms with Crippen LogP contribution in [0.15, 0.2) is 46.9 Å². The smallest absolute Gasteiger partial charge is 0.148 e. The average molecular weight is 431 g/mol. The second kappa shape index (κ2) is 8.43. The van der Waals surface area contributed by atoms with Crippen LogP contribution in [0.5, 0.6) is 5.75 Å². The third-order valence-electron chi connectivity index (χ3n) is 4.98. The van der Waals surface area contributed by atoms with Crippen LogP contribution in [0, 0.1) is 11.5 Å². The summed E-state index contributed by atoms with van der Waals surface area (Å²) >= 11 is 3.59. The Labute approximate surface area is 166 Å². The SMILES string of the molecule is CC(C)(C)[Si](C)(C)C#CCOc1cccc(-c2cccc(CO)c2Br)c1. The molecular weight excluding hydrogens is 404 g/mol. The van der Waals surface area contributed by atoms with Gasteiger partial charge in [-0.05, 0) is 49.8 Å². The minimum absolute atomic E-state index is 0.00759. The van der Waals surface area contributed by atoms with Crippen molar-refractivity contribution in [1.82, 2.24) is 0 Å². The highest BCUT2D eigenvalue weighted by Gasteiger charge is 2.33. The Balaban J connectivity index is 2.14. The van der Waals surface area contributed by atoms with Gasteiger partial charge in [0, 0.05) is 4.47 Å². The van der Waals surface area contributed by atoms with Gasteiger partial charge in [-0.1, -0.05) is 70.1 Å². The van der Waals surface area contributed by atoms with E-state index in [9.17, 15) is 5.11 Å². The normalized spacial score (nSPS) is 11.7. The highest BCUT2D eigenvalue weighted by Crippen LogP contribution is 2.35. The highest BCUT2D eigenvalue weighted by molar-refractivity contribution is 9.10. The first kappa shape index (κ1) is 20.8. The summed E-state index contributed by atoms with van der Waals surface area (Å²) in [5.74, 6) is 4.02. The average Bonchev–Trinajstić information content (AvgIpc) is 2.58. The van der Waals surface area contributed by atoms with Gasteiger partial charge in [-0.25, -0.2) is 0 Å². The lowest BCUT2D eigenvalue weighted by Crippen LogP contribution is -2.35.